The molecule has 0 aromatic carbocycles. The Labute approximate surface area is 111 Å². The molecule has 1 atom stereocenters. The lowest BCUT2D eigenvalue weighted by molar-refractivity contribution is 0.400. The predicted octanol–water partition coefficient (Wildman–Crippen LogP) is 3.52. The Hall–Kier alpha value is -0.830. The Balaban J connectivity index is 1.97. The van der Waals surface area contributed by atoms with Crippen LogP contribution in [-0.2, 0) is 6.54 Å². The van der Waals surface area contributed by atoms with E-state index < -0.39 is 0 Å². The van der Waals surface area contributed by atoms with Crippen molar-refractivity contribution in [2.75, 3.05) is 6.54 Å². The summed E-state index contributed by atoms with van der Waals surface area (Å²) in [6.45, 7) is 6.46. The van der Waals surface area contributed by atoms with Crippen LogP contribution in [0, 0.1) is 5.92 Å². The molecule has 0 amide bonds. The SMILES string of the molecule is CCCn1cc(C(CC2CCCC2)NCC)cn1. The number of aryl methyl sites for hydroxylation is 1. The summed E-state index contributed by atoms with van der Waals surface area (Å²) in [6.07, 6.45) is 12.4. The van der Waals surface area contributed by atoms with Crippen molar-refractivity contribution in [1.29, 1.82) is 0 Å². The fourth-order valence-electron chi connectivity index (χ4n) is 3.07. The first-order valence-corrected chi connectivity index (χ1v) is 7.59. The van der Waals surface area contributed by atoms with E-state index in [0.29, 0.717) is 6.04 Å². The van der Waals surface area contributed by atoms with Gasteiger partial charge in [-0.25, -0.2) is 0 Å². The van der Waals surface area contributed by atoms with Crippen LogP contribution in [0.5, 0.6) is 0 Å². The van der Waals surface area contributed by atoms with Crippen molar-refractivity contribution in [3.63, 3.8) is 0 Å². The van der Waals surface area contributed by atoms with Gasteiger partial charge in [0.1, 0.15) is 0 Å². The Morgan fingerprint density at radius 3 is 2.83 bits per heavy atom. The highest BCUT2D eigenvalue weighted by Crippen LogP contribution is 2.32. The van der Waals surface area contributed by atoms with Gasteiger partial charge in [0.25, 0.3) is 0 Å². The Bertz CT molecular complexity index is 339. The molecular formula is C15H27N3. The van der Waals surface area contributed by atoms with Crippen LogP contribution in [-0.4, -0.2) is 16.3 Å². The van der Waals surface area contributed by atoms with Crippen molar-refractivity contribution in [3.05, 3.63) is 18.0 Å². The van der Waals surface area contributed by atoms with Gasteiger partial charge in [0, 0.05) is 24.3 Å². The van der Waals surface area contributed by atoms with Crippen LogP contribution in [0.4, 0.5) is 0 Å². The molecule has 0 saturated heterocycles. The van der Waals surface area contributed by atoms with E-state index in [-0.39, 0.29) is 0 Å². The summed E-state index contributed by atoms with van der Waals surface area (Å²) in [4.78, 5) is 0. The van der Waals surface area contributed by atoms with Crippen LogP contribution in [0.1, 0.15) is 64.0 Å². The van der Waals surface area contributed by atoms with E-state index in [1.165, 1.54) is 37.7 Å². The molecule has 0 bridgehead atoms. The molecule has 1 N–H and O–H groups in total. The zero-order valence-corrected chi connectivity index (χ0v) is 11.9. The maximum Gasteiger partial charge on any atom is 0.0537 e. The summed E-state index contributed by atoms with van der Waals surface area (Å²) >= 11 is 0. The zero-order chi connectivity index (χ0) is 12.8. The van der Waals surface area contributed by atoms with Crippen LogP contribution in [0.3, 0.4) is 0 Å². The molecule has 1 heterocycles. The summed E-state index contributed by atoms with van der Waals surface area (Å²) in [6, 6.07) is 0.503. The molecule has 1 saturated carbocycles. The third kappa shape index (κ3) is 3.58. The van der Waals surface area contributed by atoms with Crippen molar-refractivity contribution >= 4 is 0 Å². The topological polar surface area (TPSA) is 29.9 Å². The Morgan fingerprint density at radius 1 is 1.39 bits per heavy atom. The van der Waals surface area contributed by atoms with Gasteiger partial charge in [-0.1, -0.05) is 39.5 Å². The number of nitrogens with one attached hydrogen (secondary N) is 1. The van der Waals surface area contributed by atoms with Gasteiger partial charge < -0.3 is 5.32 Å². The molecule has 0 spiro atoms. The lowest BCUT2D eigenvalue weighted by atomic mass is 9.95. The fourth-order valence-corrected chi connectivity index (χ4v) is 3.07. The molecule has 0 radical (unpaired) electrons. The van der Waals surface area contributed by atoms with Gasteiger partial charge in [-0.3, -0.25) is 4.68 Å². The van der Waals surface area contributed by atoms with E-state index in [2.05, 4.69) is 41.3 Å². The molecule has 2 rings (SSSR count). The quantitative estimate of drug-likeness (QED) is 0.801. The van der Waals surface area contributed by atoms with E-state index in [1.807, 2.05) is 0 Å². The second-order valence-corrected chi connectivity index (χ2v) is 5.53. The zero-order valence-electron chi connectivity index (χ0n) is 11.9. The predicted molar refractivity (Wildman–Crippen MR) is 75.5 cm³/mol. The molecule has 3 nitrogen and oxygen atoms in total. The van der Waals surface area contributed by atoms with Gasteiger partial charge in [0.15, 0.2) is 0 Å². The maximum atomic E-state index is 4.46. The molecule has 1 aliphatic rings. The molecule has 102 valence electrons. The molecule has 3 heteroatoms. The number of nitrogens with zero attached hydrogens (tertiary/aromatic N) is 2. The van der Waals surface area contributed by atoms with Crippen molar-refractivity contribution in [2.24, 2.45) is 5.92 Å². The third-order valence-electron chi connectivity index (χ3n) is 4.00. The molecule has 1 aromatic heterocycles. The van der Waals surface area contributed by atoms with E-state index in [4.69, 9.17) is 0 Å². The summed E-state index contributed by atoms with van der Waals surface area (Å²) in [5.74, 6) is 0.920. The fraction of sp³-hybridized carbons (Fsp3) is 0.800. The first-order valence-electron chi connectivity index (χ1n) is 7.59. The van der Waals surface area contributed by atoms with E-state index in [1.54, 1.807) is 0 Å². The van der Waals surface area contributed by atoms with Crippen molar-refractivity contribution in [1.82, 2.24) is 15.1 Å². The van der Waals surface area contributed by atoms with Crippen LogP contribution >= 0.6 is 0 Å². The first kappa shape index (κ1) is 13.6. The summed E-state index contributed by atoms with van der Waals surface area (Å²) in [7, 11) is 0. The van der Waals surface area contributed by atoms with Gasteiger partial charge in [-0.15, -0.1) is 0 Å². The molecule has 18 heavy (non-hydrogen) atoms. The standard InChI is InChI=1S/C15H27N3/c1-3-9-18-12-14(11-17-18)15(16-4-2)10-13-7-5-6-8-13/h11-13,15-16H,3-10H2,1-2H3. The minimum absolute atomic E-state index is 0.503. The number of hydrogen-bond donors (Lipinski definition) is 1. The summed E-state index contributed by atoms with van der Waals surface area (Å²) in [5, 5.41) is 8.09. The average molecular weight is 249 g/mol. The highest BCUT2D eigenvalue weighted by atomic mass is 15.3. The van der Waals surface area contributed by atoms with Gasteiger partial charge in [0.05, 0.1) is 6.20 Å². The van der Waals surface area contributed by atoms with E-state index in [9.17, 15) is 0 Å². The average Bonchev–Trinajstić information content (AvgIpc) is 3.00. The molecule has 1 fully saturated rings. The van der Waals surface area contributed by atoms with E-state index in [0.717, 1.165) is 25.4 Å². The maximum absolute atomic E-state index is 4.46. The molecule has 1 unspecified atom stereocenters. The minimum atomic E-state index is 0.503. The number of hydrogen-bond acceptors (Lipinski definition) is 2. The highest BCUT2D eigenvalue weighted by Gasteiger charge is 2.21. The monoisotopic (exact) mass is 249 g/mol. The van der Waals surface area contributed by atoms with Gasteiger partial charge >= 0.3 is 0 Å². The van der Waals surface area contributed by atoms with E-state index >= 15 is 0 Å². The van der Waals surface area contributed by atoms with Crippen molar-refractivity contribution in [3.8, 4) is 0 Å². The third-order valence-corrected chi connectivity index (χ3v) is 4.00. The van der Waals surface area contributed by atoms with Crippen LogP contribution < -0.4 is 5.32 Å². The van der Waals surface area contributed by atoms with Crippen LogP contribution in [0.2, 0.25) is 0 Å². The summed E-state index contributed by atoms with van der Waals surface area (Å²) < 4.78 is 2.08. The lowest BCUT2D eigenvalue weighted by Gasteiger charge is -2.20. The van der Waals surface area contributed by atoms with Gasteiger partial charge in [-0.2, -0.15) is 5.10 Å². The smallest absolute Gasteiger partial charge is 0.0537 e. The number of rotatable bonds is 7. The van der Waals surface area contributed by atoms with Crippen molar-refractivity contribution in [2.45, 2.75) is 65.0 Å². The van der Waals surface area contributed by atoms with Crippen LogP contribution in [0.25, 0.3) is 0 Å². The number of aromatic nitrogens is 2. The normalized spacial score (nSPS) is 18.3. The Kier molecular flexibility index (Phi) is 5.24. The highest BCUT2D eigenvalue weighted by molar-refractivity contribution is 5.10. The molecule has 0 aliphatic heterocycles. The van der Waals surface area contributed by atoms with Crippen LogP contribution in [0.15, 0.2) is 12.4 Å². The molecular weight excluding hydrogens is 222 g/mol. The van der Waals surface area contributed by atoms with Gasteiger partial charge in [0.2, 0.25) is 0 Å². The second kappa shape index (κ2) is 6.93. The minimum Gasteiger partial charge on any atom is -0.310 e. The van der Waals surface area contributed by atoms with Gasteiger partial charge in [-0.05, 0) is 25.3 Å². The second-order valence-electron chi connectivity index (χ2n) is 5.53. The van der Waals surface area contributed by atoms with Crippen molar-refractivity contribution < 1.29 is 0 Å². The summed E-state index contributed by atoms with van der Waals surface area (Å²) in [5.41, 5.74) is 1.37. The lowest BCUT2D eigenvalue weighted by Crippen LogP contribution is -2.22. The molecule has 1 aromatic rings. The Morgan fingerprint density at radius 2 is 2.17 bits per heavy atom. The first-order chi connectivity index (χ1) is 8.83. The molecule has 1 aliphatic carbocycles. The largest absolute Gasteiger partial charge is 0.310 e.